The van der Waals surface area contributed by atoms with Gasteiger partial charge in [-0.3, -0.25) is 4.72 Å². The molecule has 142 valence electrons. The van der Waals surface area contributed by atoms with Gasteiger partial charge in [-0.1, -0.05) is 30.3 Å². The number of anilines is 2. The SMILES string of the molecule is Cc1cccc(N)c1C.O=C(O)c1sccc1NS(=O)(=O)c1ccccc1. The molecule has 1 heterocycles. The second-order valence-corrected chi connectivity index (χ2v) is 8.27. The highest BCUT2D eigenvalue weighted by Crippen LogP contribution is 2.25. The van der Waals surface area contributed by atoms with E-state index in [1.165, 1.54) is 34.7 Å². The van der Waals surface area contributed by atoms with Crippen molar-refractivity contribution < 1.29 is 18.3 Å². The van der Waals surface area contributed by atoms with Crippen LogP contribution in [0.15, 0.2) is 64.9 Å². The van der Waals surface area contributed by atoms with Crippen LogP contribution in [0.2, 0.25) is 0 Å². The Hall–Kier alpha value is -2.84. The monoisotopic (exact) mass is 404 g/mol. The standard InChI is InChI=1S/C11H9NO4S2.C8H11N/c13-11(14)10-9(6-7-17-10)12-18(15,16)8-4-2-1-3-5-8;1-6-4-3-5-8(9)7(6)2/h1-7,12H,(H,13,14);3-5H,9H2,1-2H3. The van der Waals surface area contributed by atoms with Gasteiger partial charge in [0, 0.05) is 5.69 Å². The topological polar surface area (TPSA) is 109 Å². The van der Waals surface area contributed by atoms with Crippen LogP contribution in [-0.4, -0.2) is 19.5 Å². The highest BCUT2D eigenvalue weighted by Gasteiger charge is 2.19. The van der Waals surface area contributed by atoms with Crippen LogP contribution in [0.5, 0.6) is 0 Å². The molecule has 0 amide bonds. The van der Waals surface area contributed by atoms with Crippen molar-refractivity contribution in [1.29, 1.82) is 0 Å². The Morgan fingerprint density at radius 2 is 1.70 bits per heavy atom. The minimum atomic E-state index is -3.75. The first-order valence-electron chi connectivity index (χ1n) is 7.92. The minimum Gasteiger partial charge on any atom is -0.477 e. The van der Waals surface area contributed by atoms with Crippen LogP contribution in [0.4, 0.5) is 11.4 Å². The molecule has 0 atom stereocenters. The molecule has 0 saturated carbocycles. The molecule has 0 bridgehead atoms. The Morgan fingerprint density at radius 1 is 1.04 bits per heavy atom. The third kappa shape index (κ3) is 5.32. The molecule has 8 heteroatoms. The van der Waals surface area contributed by atoms with Gasteiger partial charge < -0.3 is 10.8 Å². The molecule has 3 rings (SSSR count). The van der Waals surface area contributed by atoms with E-state index in [1.54, 1.807) is 18.2 Å². The van der Waals surface area contributed by atoms with Crippen molar-refractivity contribution in [2.45, 2.75) is 18.7 Å². The van der Waals surface area contributed by atoms with Crippen molar-refractivity contribution in [2.24, 2.45) is 0 Å². The molecule has 6 nitrogen and oxygen atoms in total. The molecule has 0 fully saturated rings. The number of nitrogens with one attached hydrogen (secondary N) is 1. The van der Waals surface area contributed by atoms with Crippen molar-refractivity contribution in [2.75, 3.05) is 10.5 Å². The maximum atomic E-state index is 12.0. The largest absolute Gasteiger partial charge is 0.477 e. The third-order valence-corrected chi connectivity index (χ3v) is 6.09. The first-order valence-corrected chi connectivity index (χ1v) is 10.3. The van der Waals surface area contributed by atoms with Crippen LogP contribution in [-0.2, 0) is 10.0 Å². The molecule has 0 spiro atoms. The highest BCUT2D eigenvalue weighted by molar-refractivity contribution is 7.92. The number of sulfonamides is 1. The fourth-order valence-corrected chi connectivity index (χ4v) is 3.98. The molecular formula is C19H20N2O4S2. The van der Waals surface area contributed by atoms with Gasteiger partial charge in [0.05, 0.1) is 10.6 Å². The lowest BCUT2D eigenvalue weighted by Crippen LogP contribution is -2.14. The van der Waals surface area contributed by atoms with E-state index in [0.29, 0.717) is 0 Å². The second kappa shape index (κ2) is 8.70. The number of benzene rings is 2. The molecule has 4 N–H and O–H groups in total. The molecule has 0 aliphatic carbocycles. The van der Waals surface area contributed by atoms with E-state index in [2.05, 4.69) is 17.7 Å². The molecule has 0 aliphatic rings. The summed E-state index contributed by atoms with van der Waals surface area (Å²) in [7, 11) is -3.75. The van der Waals surface area contributed by atoms with Gasteiger partial charge in [-0.05, 0) is 54.6 Å². The quantitative estimate of drug-likeness (QED) is 0.566. The molecule has 0 radical (unpaired) electrons. The highest BCUT2D eigenvalue weighted by atomic mass is 32.2. The molecule has 3 aromatic rings. The van der Waals surface area contributed by atoms with Crippen molar-refractivity contribution in [3.05, 3.63) is 76.0 Å². The van der Waals surface area contributed by atoms with Crippen LogP contribution in [0, 0.1) is 13.8 Å². The lowest BCUT2D eigenvalue weighted by atomic mass is 10.1. The van der Waals surface area contributed by atoms with Gasteiger partial charge in [-0.25, -0.2) is 13.2 Å². The van der Waals surface area contributed by atoms with Gasteiger partial charge in [0.25, 0.3) is 10.0 Å². The van der Waals surface area contributed by atoms with Crippen LogP contribution >= 0.6 is 11.3 Å². The zero-order valence-corrected chi connectivity index (χ0v) is 16.5. The number of rotatable bonds is 4. The number of nitrogen functional groups attached to an aromatic ring is 1. The molecule has 2 aromatic carbocycles. The molecule has 0 aliphatic heterocycles. The van der Waals surface area contributed by atoms with E-state index in [1.807, 2.05) is 19.1 Å². The Balaban J connectivity index is 0.000000244. The van der Waals surface area contributed by atoms with E-state index in [0.717, 1.165) is 17.0 Å². The fourth-order valence-electron chi connectivity index (χ4n) is 2.13. The van der Waals surface area contributed by atoms with E-state index < -0.39 is 16.0 Å². The lowest BCUT2D eigenvalue weighted by Gasteiger charge is -2.07. The van der Waals surface area contributed by atoms with Crippen LogP contribution in [0.3, 0.4) is 0 Å². The third-order valence-electron chi connectivity index (χ3n) is 3.80. The molecule has 1 aromatic heterocycles. The average molecular weight is 405 g/mol. The van der Waals surface area contributed by atoms with Crippen LogP contribution in [0.25, 0.3) is 0 Å². The fraction of sp³-hybridized carbons (Fsp3) is 0.105. The summed E-state index contributed by atoms with van der Waals surface area (Å²) in [5.41, 5.74) is 9.04. The Kier molecular flexibility index (Phi) is 6.59. The molecule has 27 heavy (non-hydrogen) atoms. The normalized spacial score (nSPS) is 10.6. The van der Waals surface area contributed by atoms with Crippen LogP contribution in [0.1, 0.15) is 20.8 Å². The molecular weight excluding hydrogens is 384 g/mol. The van der Waals surface area contributed by atoms with Gasteiger partial charge in [-0.2, -0.15) is 0 Å². The number of thiophene rings is 1. The number of nitrogens with two attached hydrogens (primary N) is 1. The molecule has 0 saturated heterocycles. The van der Waals surface area contributed by atoms with E-state index in [4.69, 9.17) is 10.8 Å². The lowest BCUT2D eigenvalue weighted by molar-refractivity contribution is 0.0703. The first kappa shape index (κ1) is 20.5. The minimum absolute atomic E-state index is 0.0329. The first-order chi connectivity index (χ1) is 12.7. The maximum absolute atomic E-state index is 12.0. The average Bonchev–Trinajstić information content (AvgIpc) is 3.09. The van der Waals surface area contributed by atoms with Crippen molar-refractivity contribution in [3.8, 4) is 0 Å². The van der Waals surface area contributed by atoms with Gasteiger partial charge >= 0.3 is 5.97 Å². The molecule has 0 unspecified atom stereocenters. The summed E-state index contributed by atoms with van der Waals surface area (Å²) >= 11 is 0.967. The number of carboxylic acids is 1. The van der Waals surface area contributed by atoms with Gasteiger partial charge in [0.15, 0.2) is 0 Å². The van der Waals surface area contributed by atoms with E-state index >= 15 is 0 Å². The van der Waals surface area contributed by atoms with Crippen molar-refractivity contribution in [1.82, 2.24) is 0 Å². The number of carboxylic acid groups (broad SMARTS) is 1. The van der Waals surface area contributed by atoms with Gasteiger partial charge in [-0.15, -0.1) is 11.3 Å². The number of aryl methyl sites for hydroxylation is 1. The smallest absolute Gasteiger partial charge is 0.348 e. The van der Waals surface area contributed by atoms with Crippen LogP contribution < -0.4 is 10.5 Å². The Bertz CT molecular complexity index is 1010. The van der Waals surface area contributed by atoms with E-state index in [9.17, 15) is 13.2 Å². The summed E-state index contributed by atoms with van der Waals surface area (Å²) < 4.78 is 26.2. The van der Waals surface area contributed by atoms with Crippen molar-refractivity contribution in [3.63, 3.8) is 0 Å². The predicted octanol–water partition coefficient (Wildman–Crippen LogP) is 4.13. The second-order valence-electron chi connectivity index (χ2n) is 5.68. The summed E-state index contributed by atoms with van der Waals surface area (Å²) in [6.45, 7) is 4.09. The number of carbonyl (C=O) groups is 1. The summed E-state index contributed by atoms with van der Waals surface area (Å²) in [6.07, 6.45) is 0. The number of hydrogen-bond donors (Lipinski definition) is 3. The Labute approximate surface area is 162 Å². The van der Waals surface area contributed by atoms with Gasteiger partial charge in [0.1, 0.15) is 4.88 Å². The summed E-state index contributed by atoms with van der Waals surface area (Å²) in [6, 6.07) is 15.2. The zero-order valence-electron chi connectivity index (χ0n) is 14.8. The van der Waals surface area contributed by atoms with E-state index in [-0.39, 0.29) is 15.5 Å². The maximum Gasteiger partial charge on any atom is 0.348 e. The summed E-state index contributed by atoms with van der Waals surface area (Å²) in [4.78, 5) is 10.9. The van der Waals surface area contributed by atoms with Gasteiger partial charge in [0.2, 0.25) is 0 Å². The predicted molar refractivity (Wildman–Crippen MR) is 109 cm³/mol. The summed E-state index contributed by atoms with van der Waals surface area (Å²) in [5.74, 6) is -1.16. The Morgan fingerprint density at radius 3 is 2.26 bits per heavy atom. The summed E-state index contributed by atoms with van der Waals surface area (Å²) in [5, 5.41) is 10.4. The number of hydrogen-bond acceptors (Lipinski definition) is 5. The zero-order chi connectivity index (χ0) is 20.0. The number of aromatic carboxylic acids is 1. The van der Waals surface area contributed by atoms with Crippen molar-refractivity contribution >= 4 is 38.7 Å².